The molecule has 0 atom stereocenters. The van der Waals surface area contributed by atoms with E-state index in [0.717, 1.165) is 20.9 Å². The van der Waals surface area contributed by atoms with Gasteiger partial charge in [-0.1, -0.05) is 15.9 Å². The molecule has 0 bridgehead atoms. The van der Waals surface area contributed by atoms with Crippen LogP contribution in [0.3, 0.4) is 0 Å². The molecular weight excluding hydrogens is 310 g/mol. The Morgan fingerprint density at radius 3 is 2.79 bits per heavy atom. The Balaban J connectivity index is 2.15. The molecule has 1 saturated heterocycles. The maximum Gasteiger partial charge on any atom is 0.251 e. The first-order chi connectivity index (χ1) is 9.15. The molecule has 1 aromatic carbocycles. The minimum absolute atomic E-state index is 0.0379. The number of nitrogens with zero attached hydrogens (tertiary/aromatic N) is 1. The van der Waals surface area contributed by atoms with Gasteiger partial charge in [0.15, 0.2) is 6.29 Å². The summed E-state index contributed by atoms with van der Waals surface area (Å²) in [5.74, 6) is 0. The molecule has 0 radical (unpaired) electrons. The third-order valence-corrected chi connectivity index (χ3v) is 3.88. The zero-order valence-corrected chi connectivity index (χ0v) is 12.1. The van der Waals surface area contributed by atoms with Gasteiger partial charge >= 0.3 is 0 Å². The van der Waals surface area contributed by atoms with Gasteiger partial charge in [-0.3, -0.25) is 4.79 Å². The SMILES string of the molecule is Cc1cc(Br)c2ccc(=O)n(CC3OCCO3)c2c1. The van der Waals surface area contributed by atoms with Crippen LogP contribution in [0.1, 0.15) is 5.56 Å². The van der Waals surface area contributed by atoms with Crippen molar-refractivity contribution in [1.29, 1.82) is 0 Å². The minimum Gasteiger partial charge on any atom is -0.348 e. The fourth-order valence-electron chi connectivity index (χ4n) is 2.34. The fourth-order valence-corrected chi connectivity index (χ4v) is 3.03. The van der Waals surface area contributed by atoms with Crippen molar-refractivity contribution < 1.29 is 9.47 Å². The molecule has 1 fully saturated rings. The third kappa shape index (κ3) is 2.45. The molecule has 3 rings (SSSR count). The van der Waals surface area contributed by atoms with Crippen LogP contribution in [0.15, 0.2) is 33.5 Å². The molecule has 0 unspecified atom stereocenters. The quantitative estimate of drug-likeness (QED) is 0.852. The van der Waals surface area contributed by atoms with Gasteiger partial charge in [0.05, 0.1) is 25.3 Å². The van der Waals surface area contributed by atoms with E-state index in [-0.39, 0.29) is 11.8 Å². The summed E-state index contributed by atoms with van der Waals surface area (Å²) in [6.07, 6.45) is -0.331. The predicted octanol–water partition coefficient (Wildman–Crippen LogP) is 2.45. The van der Waals surface area contributed by atoms with Crippen LogP contribution < -0.4 is 5.56 Å². The highest BCUT2D eigenvalue weighted by atomic mass is 79.9. The normalized spacial score (nSPS) is 16.3. The molecule has 0 N–H and O–H groups in total. The van der Waals surface area contributed by atoms with Gasteiger partial charge in [-0.05, 0) is 30.7 Å². The maximum absolute atomic E-state index is 12.1. The number of aromatic nitrogens is 1. The van der Waals surface area contributed by atoms with E-state index in [1.165, 1.54) is 0 Å². The van der Waals surface area contributed by atoms with Gasteiger partial charge < -0.3 is 14.0 Å². The molecule has 1 aliphatic rings. The molecule has 2 heterocycles. The summed E-state index contributed by atoms with van der Waals surface area (Å²) in [5.41, 5.74) is 1.97. The second-order valence-corrected chi connectivity index (χ2v) is 5.49. The fraction of sp³-hybridized carbons (Fsp3) is 0.357. The van der Waals surface area contributed by atoms with Gasteiger partial charge in [-0.15, -0.1) is 0 Å². The molecule has 2 aromatic rings. The summed E-state index contributed by atoms with van der Waals surface area (Å²) in [6.45, 7) is 3.61. The number of hydrogen-bond donors (Lipinski definition) is 0. The Labute approximate surface area is 119 Å². The lowest BCUT2D eigenvalue weighted by atomic mass is 10.1. The van der Waals surface area contributed by atoms with E-state index in [2.05, 4.69) is 15.9 Å². The van der Waals surface area contributed by atoms with Crippen LogP contribution >= 0.6 is 15.9 Å². The molecule has 5 heteroatoms. The summed E-state index contributed by atoms with van der Waals surface area (Å²) < 4.78 is 13.6. The molecule has 19 heavy (non-hydrogen) atoms. The molecule has 4 nitrogen and oxygen atoms in total. The molecule has 1 aromatic heterocycles. The zero-order chi connectivity index (χ0) is 13.4. The lowest BCUT2D eigenvalue weighted by Crippen LogP contribution is -2.27. The lowest BCUT2D eigenvalue weighted by molar-refractivity contribution is -0.0522. The smallest absolute Gasteiger partial charge is 0.251 e. The molecular formula is C14H14BrNO3. The van der Waals surface area contributed by atoms with E-state index >= 15 is 0 Å². The van der Waals surface area contributed by atoms with E-state index < -0.39 is 0 Å². The average molecular weight is 324 g/mol. The largest absolute Gasteiger partial charge is 0.348 e. The van der Waals surface area contributed by atoms with Crippen molar-refractivity contribution in [3.8, 4) is 0 Å². The number of fused-ring (bicyclic) bond motifs is 1. The first-order valence-electron chi connectivity index (χ1n) is 6.18. The Hall–Kier alpha value is -1.17. The van der Waals surface area contributed by atoms with Crippen molar-refractivity contribution in [1.82, 2.24) is 4.57 Å². The van der Waals surface area contributed by atoms with Gasteiger partial charge in [0.2, 0.25) is 0 Å². The summed E-state index contributed by atoms with van der Waals surface area (Å²) >= 11 is 3.54. The molecule has 0 spiro atoms. The lowest BCUT2D eigenvalue weighted by Gasteiger charge is -2.15. The summed E-state index contributed by atoms with van der Waals surface area (Å²) in [6, 6.07) is 7.47. The number of benzene rings is 1. The first kappa shape index (κ1) is 12.8. The van der Waals surface area contributed by atoms with Crippen molar-refractivity contribution >= 4 is 26.8 Å². The second kappa shape index (κ2) is 5.07. The van der Waals surface area contributed by atoms with Crippen LogP contribution in [0.25, 0.3) is 10.9 Å². The van der Waals surface area contributed by atoms with Gasteiger partial charge in [0.1, 0.15) is 0 Å². The van der Waals surface area contributed by atoms with Crippen LogP contribution in [-0.4, -0.2) is 24.1 Å². The highest BCUT2D eigenvalue weighted by molar-refractivity contribution is 9.10. The second-order valence-electron chi connectivity index (χ2n) is 4.63. The Morgan fingerprint density at radius 2 is 2.05 bits per heavy atom. The van der Waals surface area contributed by atoms with Crippen LogP contribution in [0, 0.1) is 6.92 Å². The monoisotopic (exact) mass is 323 g/mol. The summed E-state index contributed by atoms with van der Waals surface area (Å²) in [4.78, 5) is 12.1. The van der Waals surface area contributed by atoms with Crippen molar-refractivity contribution in [2.45, 2.75) is 19.8 Å². The van der Waals surface area contributed by atoms with E-state index in [1.54, 1.807) is 10.6 Å². The number of halogens is 1. The number of pyridine rings is 1. The van der Waals surface area contributed by atoms with Gasteiger partial charge in [0.25, 0.3) is 5.56 Å². The standard InChI is InChI=1S/C14H14BrNO3/c1-9-6-11(15)10-2-3-13(17)16(12(10)7-9)8-14-18-4-5-19-14/h2-3,6-7,14H,4-5,8H2,1H3. The van der Waals surface area contributed by atoms with Gasteiger partial charge in [-0.2, -0.15) is 0 Å². The predicted molar refractivity (Wildman–Crippen MR) is 76.3 cm³/mol. The Kier molecular flexibility index (Phi) is 3.43. The van der Waals surface area contributed by atoms with Crippen LogP contribution in [0.4, 0.5) is 0 Å². The van der Waals surface area contributed by atoms with Gasteiger partial charge in [-0.25, -0.2) is 0 Å². The van der Waals surface area contributed by atoms with E-state index in [9.17, 15) is 4.79 Å². The number of aryl methyl sites for hydroxylation is 1. The zero-order valence-electron chi connectivity index (χ0n) is 10.6. The van der Waals surface area contributed by atoms with Crippen molar-refractivity contribution in [2.24, 2.45) is 0 Å². The van der Waals surface area contributed by atoms with Crippen molar-refractivity contribution in [3.05, 3.63) is 44.7 Å². The third-order valence-electron chi connectivity index (χ3n) is 3.22. The topological polar surface area (TPSA) is 40.5 Å². The first-order valence-corrected chi connectivity index (χ1v) is 6.97. The molecule has 0 aliphatic carbocycles. The van der Waals surface area contributed by atoms with Crippen LogP contribution in [0.5, 0.6) is 0 Å². The van der Waals surface area contributed by atoms with E-state index in [4.69, 9.17) is 9.47 Å². The Morgan fingerprint density at radius 1 is 1.32 bits per heavy atom. The van der Waals surface area contributed by atoms with Crippen LogP contribution in [0.2, 0.25) is 0 Å². The minimum atomic E-state index is -0.331. The van der Waals surface area contributed by atoms with E-state index in [1.807, 2.05) is 25.1 Å². The number of hydrogen-bond acceptors (Lipinski definition) is 3. The van der Waals surface area contributed by atoms with Gasteiger partial charge in [0, 0.05) is 15.9 Å². The molecule has 0 saturated carbocycles. The molecule has 0 amide bonds. The van der Waals surface area contributed by atoms with Crippen LogP contribution in [-0.2, 0) is 16.0 Å². The number of ether oxygens (including phenoxy) is 2. The molecule has 100 valence electrons. The maximum atomic E-state index is 12.1. The number of rotatable bonds is 2. The Bertz CT molecular complexity index is 674. The molecule has 1 aliphatic heterocycles. The summed E-state index contributed by atoms with van der Waals surface area (Å²) in [7, 11) is 0. The van der Waals surface area contributed by atoms with E-state index in [0.29, 0.717) is 19.8 Å². The van der Waals surface area contributed by atoms with Crippen molar-refractivity contribution in [2.75, 3.05) is 13.2 Å². The highest BCUT2D eigenvalue weighted by Crippen LogP contribution is 2.25. The average Bonchev–Trinajstić information content (AvgIpc) is 2.85. The highest BCUT2D eigenvalue weighted by Gasteiger charge is 2.18. The summed E-state index contributed by atoms with van der Waals surface area (Å²) in [5, 5.41) is 1.02. The van der Waals surface area contributed by atoms with Crippen molar-refractivity contribution in [3.63, 3.8) is 0 Å².